The Kier molecular flexibility index (Phi) is 6.77. The molecule has 4 nitrogen and oxygen atoms in total. The van der Waals surface area contributed by atoms with Crippen LogP contribution in [0.2, 0.25) is 0 Å². The van der Waals surface area contributed by atoms with Gasteiger partial charge in [0.15, 0.2) is 17.3 Å². The first-order valence-electron chi connectivity index (χ1n) is 6.23. The van der Waals surface area contributed by atoms with Gasteiger partial charge in [0, 0.05) is 12.5 Å². The first kappa shape index (κ1) is 17.3. The lowest BCUT2D eigenvalue weighted by atomic mass is 10.0. The zero-order valence-corrected chi connectivity index (χ0v) is 14.9. The summed E-state index contributed by atoms with van der Waals surface area (Å²) in [6.45, 7) is 2.05. The lowest BCUT2D eigenvalue weighted by Crippen LogP contribution is -2.08. The third kappa shape index (κ3) is 3.86. The number of hydrogen-bond acceptors (Lipinski definition) is 4. The van der Waals surface area contributed by atoms with E-state index in [0.29, 0.717) is 39.4 Å². The second kappa shape index (κ2) is 7.84. The molecule has 0 aliphatic rings. The molecule has 112 valence electrons. The van der Waals surface area contributed by atoms with Gasteiger partial charge >= 0.3 is 0 Å². The lowest BCUT2D eigenvalue weighted by Gasteiger charge is -2.17. The molecule has 1 aromatic rings. The highest BCUT2D eigenvalue weighted by Gasteiger charge is 2.24. The van der Waals surface area contributed by atoms with Crippen LogP contribution in [0.5, 0.6) is 17.2 Å². The van der Waals surface area contributed by atoms with E-state index in [2.05, 4.69) is 25.2 Å². The Morgan fingerprint density at radius 3 is 2.30 bits per heavy atom. The van der Waals surface area contributed by atoms with Gasteiger partial charge in [-0.25, -0.2) is 0 Å². The van der Waals surface area contributed by atoms with Crippen LogP contribution in [0.25, 0.3) is 0 Å². The third-order valence-corrected chi connectivity index (χ3v) is 3.81. The molecule has 0 aliphatic carbocycles. The highest BCUT2D eigenvalue weighted by Crippen LogP contribution is 2.43. The van der Waals surface area contributed by atoms with E-state index in [-0.39, 0.29) is 5.78 Å². The number of hydrogen-bond donors (Lipinski definition) is 0. The standard InChI is InChI=1S/C14H20BrO4P/c1-8(20)5-6-10(16)12-13(18-3)9(15)7-11(17-2)14(12)19-4/h7-8H,5-6,20H2,1-4H3. The summed E-state index contributed by atoms with van der Waals surface area (Å²) >= 11 is 3.39. The molecule has 1 aromatic carbocycles. The highest BCUT2D eigenvalue weighted by atomic mass is 79.9. The van der Waals surface area contributed by atoms with Crippen molar-refractivity contribution in [2.45, 2.75) is 25.4 Å². The van der Waals surface area contributed by atoms with Crippen LogP contribution in [-0.4, -0.2) is 32.8 Å². The molecule has 0 aromatic heterocycles. The van der Waals surface area contributed by atoms with E-state index in [1.165, 1.54) is 21.3 Å². The van der Waals surface area contributed by atoms with Gasteiger partial charge in [0.1, 0.15) is 11.3 Å². The van der Waals surface area contributed by atoms with E-state index >= 15 is 0 Å². The molecule has 0 amide bonds. The minimum Gasteiger partial charge on any atom is -0.495 e. The van der Waals surface area contributed by atoms with Gasteiger partial charge in [-0.3, -0.25) is 4.79 Å². The SMILES string of the molecule is COc1cc(Br)c(OC)c(C(=O)CCC(C)P)c1OC. The number of carbonyl (C=O) groups is 1. The summed E-state index contributed by atoms with van der Waals surface area (Å²) in [5.74, 6) is 1.37. The Hall–Kier alpha value is -0.800. The summed E-state index contributed by atoms with van der Waals surface area (Å²) in [6, 6.07) is 1.73. The minimum atomic E-state index is -0.0207. The van der Waals surface area contributed by atoms with Crippen molar-refractivity contribution in [3.63, 3.8) is 0 Å². The zero-order chi connectivity index (χ0) is 15.3. The maximum atomic E-state index is 12.5. The average Bonchev–Trinajstić information content (AvgIpc) is 2.43. The van der Waals surface area contributed by atoms with Crippen LogP contribution >= 0.6 is 25.2 Å². The number of halogens is 1. The van der Waals surface area contributed by atoms with Crippen molar-refractivity contribution >= 4 is 31.0 Å². The quantitative estimate of drug-likeness (QED) is 0.547. The summed E-state index contributed by atoms with van der Waals surface area (Å²) in [5, 5.41) is 0. The average molecular weight is 363 g/mol. The zero-order valence-electron chi connectivity index (χ0n) is 12.2. The molecule has 0 saturated carbocycles. The monoisotopic (exact) mass is 362 g/mol. The Morgan fingerprint density at radius 1 is 1.25 bits per heavy atom. The Balaban J connectivity index is 3.32. The number of ether oxygens (including phenoxy) is 3. The predicted octanol–water partition coefficient (Wildman–Crippen LogP) is 3.70. The molecule has 1 rings (SSSR count). The number of Topliss-reactive ketones (excluding diaryl/α,β-unsaturated/α-hetero) is 1. The van der Waals surface area contributed by atoms with Crippen LogP contribution in [0.4, 0.5) is 0 Å². The first-order chi connectivity index (χ1) is 9.46. The molecule has 0 bridgehead atoms. The van der Waals surface area contributed by atoms with Crippen LogP contribution in [0.3, 0.4) is 0 Å². The van der Waals surface area contributed by atoms with Crippen molar-refractivity contribution in [1.29, 1.82) is 0 Å². The summed E-state index contributed by atoms with van der Waals surface area (Å²) in [6.07, 6.45) is 1.21. The van der Waals surface area contributed by atoms with E-state index in [9.17, 15) is 4.79 Å². The molecule has 0 N–H and O–H groups in total. The number of carbonyl (C=O) groups excluding carboxylic acids is 1. The van der Waals surface area contributed by atoms with Crippen molar-refractivity contribution in [3.05, 3.63) is 16.1 Å². The molecule has 0 aliphatic heterocycles. The number of rotatable bonds is 7. The molecule has 2 unspecified atom stereocenters. The van der Waals surface area contributed by atoms with Crippen molar-refractivity contribution < 1.29 is 19.0 Å². The van der Waals surface area contributed by atoms with E-state index in [0.717, 1.165) is 6.42 Å². The van der Waals surface area contributed by atoms with Gasteiger partial charge in [-0.05, 0) is 28.0 Å². The molecule has 0 heterocycles. The van der Waals surface area contributed by atoms with E-state index in [1.54, 1.807) is 6.07 Å². The lowest BCUT2D eigenvalue weighted by molar-refractivity contribution is 0.0973. The minimum absolute atomic E-state index is 0.0207. The second-order valence-electron chi connectivity index (χ2n) is 4.44. The first-order valence-corrected chi connectivity index (χ1v) is 7.69. The molecule has 0 radical (unpaired) electrons. The molecule has 0 spiro atoms. The van der Waals surface area contributed by atoms with Gasteiger partial charge in [-0.2, -0.15) is 0 Å². The number of methoxy groups -OCH3 is 3. The van der Waals surface area contributed by atoms with E-state index in [1.807, 2.05) is 6.92 Å². The van der Waals surface area contributed by atoms with Crippen molar-refractivity contribution in [2.75, 3.05) is 21.3 Å². The smallest absolute Gasteiger partial charge is 0.175 e. The van der Waals surface area contributed by atoms with Gasteiger partial charge in [0.2, 0.25) is 0 Å². The van der Waals surface area contributed by atoms with Crippen molar-refractivity contribution in [1.82, 2.24) is 0 Å². The highest BCUT2D eigenvalue weighted by molar-refractivity contribution is 9.10. The van der Waals surface area contributed by atoms with Crippen LogP contribution in [0.15, 0.2) is 10.5 Å². The molecule has 6 heteroatoms. The number of benzene rings is 1. The predicted molar refractivity (Wildman–Crippen MR) is 86.5 cm³/mol. The van der Waals surface area contributed by atoms with E-state index < -0.39 is 0 Å². The molecule has 0 saturated heterocycles. The Bertz CT molecular complexity index is 489. The fourth-order valence-corrected chi connectivity index (χ4v) is 2.62. The fourth-order valence-electron chi connectivity index (χ4n) is 1.88. The largest absolute Gasteiger partial charge is 0.495 e. The summed E-state index contributed by atoms with van der Waals surface area (Å²) in [7, 11) is 7.27. The number of ketones is 1. The van der Waals surface area contributed by atoms with Crippen LogP contribution in [0, 0.1) is 0 Å². The Morgan fingerprint density at radius 2 is 1.85 bits per heavy atom. The van der Waals surface area contributed by atoms with Gasteiger partial charge in [0.25, 0.3) is 0 Å². The van der Waals surface area contributed by atoms with Crippen molar-refractivity contribution in [3.8, 4) is 17.2 Å². The van der Waals surface area contributed by atoms with Gasteiger partial charge in [-0.15, -0.1) is 9.24 Å². The molecule has 20 heavy (non-hydrogen) atoms. The summed E-state index contributed by atoms with van der Waals surface area (Å²) in [5.41, 5.74) is 0.803. The third-order valence-electron chi connectivity index (χ3n) is 2.89. The molecule has 0 fully saturated rings. The normalized spacial score (nSPS) is 11.9. The van der Waals surface area contributed by atoms with Gasteiger partial charge in [-0.1, -0.05) is 6.92 Å². The van der Waals surface area contributed by atoms with Crippen molar-refractivity contribution in [2.24, 2.45) is 0 Å². The molecule has 2 atom stereocenters. The van der Waals surface area contributed by atoms with E-state index in [4.69, 9.17) is 14.2 Å². The summed E-state index contributed by atoms with van der Waals surface area (Å²) in [4.78, 5) is 12.5. The maximum absolute atomic E-state index is 12.5. The van der Waals surface area contributed by atoms with Crippen LogP contribution in [0.1, 0.15) is 30.1 Å². The van der Waals surface area contributed by atoms with Gasteiger partial charge < -0.3 is 14.2 Å². The topological polar surface area (TPSA) is 44.8 Å². The van der Waals surface area contributed by atoms with Crippen LogP contribution in [-0.2, 0) is 0 Å². The summed E-state index contributed by atoms with van der Waals surface area (Å²) < 4.78 is 16.6. The fraction of sp³-hybridized carbons (Fsp3) is 0.500. The Labute approximate surface area is 130 Å². The molecular formula is C14H20BrO4P. The second-order valence-corrected chi connectivity index (χ2v) is 6.43. The van der Waals surface area contributed by atoms with Crippen LogP contribution < -0.4 is 14.2 Å². The molecular weight excluding hydrogens is 343 g/mol. The van der Waals surface area contributed by atoms with Gasteiger partial charge in [0.05, 0.1) is 25.8 Å². The maximum Gasteiger partial charge on any atom is 0.175 e.